The average molecular weight is 509 g/mol. The van der Waals surface area contributed by atoms with Crippen molar-refractivity contribution < 1.29 is 26.3 Å². The lowest BCUT2D eigenvalue weighted by molar-refractivity contribution is 0.395. The Morgan fingerprint density at radius 1 is 0.686 bits per heavy atom. The first-order valence-electron chi connectivity index (χ1n) is 11.5. The Kier molecular flexibility index (Phi) is 7.90. The smallest absolute Gasteiger partial charge is 0.207 e. The molecule has 0 heterocycles. The number of halogens is 7. The molecule has 0 saturated heterocycles. The fourth-order valence-electron chi connectivity index (χ4n) is 4.82. The zero-order valence-corrected chi connectivity index (χ0v) is 19.5. The first-order chi connectivity index (χ1) is 16.7. The Labute approximate surface area is 205 Å². The molecule has 1 aliphatic carbocycles. The summed E-state index contributed by atoms with van der Waals surface area (Å²) in [5.74, 6) is -3.06. The molecule has 4 rings (SSSR count). The molecule has 1 saturated carbocycles. The van der Waals surface area contributed by atoms with Gasteiger partial charge in [0.2, 0.25) is 0 Å². The third kappa shape index (κ3) is 5.92. The molecule has 0 nitrogen and oxygen atoms in total. The Morgan fingerprint density at radius 2 is 1.23 bits per heavy atom. The van der Waals surface area contributed by atoms with Crippen LogP contribution in [0, 0.1) is 17.5 Å². The molecule has 3 aromatic rings. The van der Waals surface area contributed by atoms with Crippen molar-refractivity contribution in [3.8, 4) is 0 Å². The van der Waals surface area contributed by atoms with Gasteiger partial charge < -0.3 is 0 Å². The van der Waals surface area contributed by atoms with Gasteiger partial charge in [-0.1, -0.05) is 48.0 Å². The highest BCUT2D eigenvalue weighted by Gasteiger charge is 2.24. The summed E-state index contributed by atoms with van der Waals surface area (Å²) in [4.78, 5) is 0. The topological polar surface area (TPSA) is 0 Å². The Balaban J connectivity index is 1.35. The van der Waals surface area contributed by atoms with Crippen LogP contribution < -0.4 is 0 Å². The lowest BCUT2D eigenvalue weighted by Crippen LogP contribution is -2.12. The summed E-state index contributed by atoms with van der Waals surface area (Å²) in [7, 11) is 0. The first kappa shape index (κ1) is 25.4. The standard InChI is InChI=1S/C28H23ClF6/c29-26-24(31)13-16(14-25(26)32)1-2-20-9-12-22(15-23(20)30)19-5-3-17(4-6-19)18-7-10-21(11-8-18)27(33)28(34)35/h7-15,17,19H,1-6H2. The van der Waals surface area contributed by atoms with E-state index in [1.165, 1.54) is 12.1 Å². The molecule has 0 bridgehead atoms. The fourth-order valence-corrected chi connectivity index (χ4v) is 4.93. The van der Waals surface area contributed by atoms with Crippen molar-refractivity contribution in [2.75, 3.05) is 0 Å². The van der Waals surface area contributed by atoms with E-state index in [-0.39, 0.29) is 29.6 Å². The van der Waals surface area contributed by atoms with Gasteiger partial charge in [0.25, 0.3) is 0 Å². The Morgan fingerprint density at radius 3 is 1.77 bits per heavy atom. The van der Waals surface area contributed by atoms with Crippen LogP contribution in [0.1, 0.15) is 65.3 Å². The minimum Gasteiger partial charge on any atom is -0.207 e. The zero-order chi connectivity index (χ0) is 25.1. The molecule has 1 aliphatic rings. The zero-order valence-electron chi connectivity index (χ0n) is 18.7. The van der Waals surface area contributed by atoms with Crippen LogP contribution in [0.15, 0.2) is 60.7 Å². The number of hydrogen-bond acceptors (Lipinski definition) is 0. The van der Waals surface area contributed by atoms with Gasteiger partial charge in [0.1, 0.15) is 22.5 Å². The second-order valence-electron chi connectivity index (χ2n) is 8.97. The highest BCUT2D eigenvalue weighted by molar-refractivity contribution is 6.30. The molecule has 7 heteroatoms. The predicted octanol–water partition coefficient (Wildman–Crippen LogP) is 9.52. The van der Waals surface area contributed by atoms with E-state index in [1.54, 1.807) is 24.3 Å². The number of hydrogen-bond donors (Lipinski definition) is 0. The molecule has 184 valence electrons. The summed E-state index contributed by atoms with van der Waals surface area (Å²) in [6.07, 6.45) is 1.67. The Hall–Kier alpha value is -2.73. The maximum atomic E-state index is 14.8. The van der Waals surface area contributed by atoms with E-state index >= 15 is 0 Å². The van der Waals surface area contributed by atoms with Gasteiger partial charge in [-0.15, -0.1) is 0 Å². The molecule has 0 aliphatic heterocycles. The van der Waals surface area contributed by atoms with Gasteiger partial charge in [0.05, 0.1) is 0 Å². The van der Waals surface area contributed by atoms with Crippen molar-refractivity contribution in [2.45, 2.75) is 50.4 Å². The molecule has 0 radical (unpaired) electrons. The molecule has 0 unspecified atom stereocenters. The van der Waals surface area contributed by atoms with E-state index in [1.807, 2.05) is 6.07 Å². The van der Waals surface area contributed by atoms with E-state index in [0.717, 1.165) is 48.9 Å². The van der Waals surface area contributed by atoms with E-state index in [4.69, 9.17) is 11.6 Å². The quantitative estimate of drug-likeness (QED) is 0.230. The van der Waals surface area contributed by atoms with Crippen LogP contribution >= 0.6 is 11.6 Å². The van der Waals surface area contributed by atoms with Gasteiger partial charge in [-0.05, 0) is 90.8 Å². The predicted molar refractivity (Wildman–Crippen MR) is 126 cm³/mol. The van der Waals surface area contributed by atoms with Gasteiger partial charge >= 0.3 is 6.08 Å². The largest absolute Gasteiger partial charge is 0.306 e. The van der Waals surface area contributed by atoms with Crippen molar-refractivity contribution in [3.05, 3.63) is 111 Å². The molecule has 0 atom stereocenters. The number of benzene rings is 3. The summed E-state index contributed by atoms with van der Waals surface area (Å²) in [5, 5.41) is -0.547. The minimum absolute atomic E-state index is 0.135. The second kappa shape index (κ2) is 10.9. The van der Waals surface area contributed by atoms with Gasteiger partial charge in [-0.3, -0.25) is 0 Å². The number of rotatable bonds is 6. The van der Waals surface area contributed by atoms with Crippen molar-refractivity contribution in [2.24, 2.45) is 0 Å². The summed E-state index contributed by atoms with van der Waals surface area (Å²) >= 11 is 5.50. The molecule has 0 spiro atoms. The maximum Gasteiger partial charge on any atom is 0.306 e. The number of aryl methyl sites for hydroxylation is 2. The highest BCUT2D eigenvalue weighted by Crippen LogP contribution is 2.41. The monoisotopic (exact) mass is 508 g/mol. The molecular weight excluding hydrogens is 486 g/mol. The first-order valence-corrected chi connectivity index (χ1v) is 11.8. The van der Waals surface area contributed by atoms with Gasteiger partial charge in [0, 0.05) is 5.56 Å². The van der Waals surface area contributed by atoms with Crippen LogP contribution in [0.25, 0.3) is 5.83 Å². The molecule has 0 N–H and O–H groups in total. The summed E-state index contributed by atoms with van der Waals surface area (Å²) < 4.78 is 80.3. The van der Waals surface area contributed by atoms with Crippen molar-refractivity contribution in [3.63, 3.8) is 0 Å². The summed E-state index contributed by atoms with van der Waals surface area (Å²) in [5.41, 5.74) is 2.64. The van der Waals surface area contributed by atoms with Gasteiger partial charge in [-0.25, -0.2) is 17.6 Å². The minimum atomic E-state index is -2.33. The Bertz CT molecular complexity index is 1200. The average Bonchev–Trinajstić information content (AvgIpc) is 2.86. The van der Waals surface area contributed by atoms with Crippen LogP contribution in [0.2, 0.25) is 5.02 Å². The molecule has 0 amide bonds. The van der Waals surface area contributed by atoms with Crippen LogP contribution in [-0.2, 0) is 12.8 Å². The van der Waals surface area contributed by atoms with Crippen LogP contribution in [0.5, 0.6) is 0 Å². The fraction of sp³-hybridized carbons (Fsp3) is 0.286. The van der Waals surface area contributed by atoms with Gasteiger partial charge in [-0.2, -0.15) is 8.78 Å². The maximum absolute atomic E-state index is 14.8. The third-order valence-electron chi connectivity index (χ3n) is 6.80. The van der Waals surface area contributed by atoms with E-state index in [2.05, 4.69) is 0 Å². The lowest BCUT2D eigenvalue weighted by atomic mass is 9.76. The second-order valence-corrected chi connectivity index (χ2v) is 9.35. The van der Waals surface area contributed by atoms with E-state index in [0.29, 0.717) is 17.5 Å². The van der Waals surface area contributed by atoms with Crippen LogP contribution in [0.3, 0.4) is 0 Å². The van der Waals surface area contributed by atoms with Crippen LogP contribution in [-0.4, -0.2) is 0 Å². The normalized spacial score (nSPS) is 17.9. The highest BCUT2D eigenvalue weighted by atomic mass is 35.5. The molecule has 35 heavy (non-hydrogen) atoms. The van der Waals surface area contributed by atoms with Crippen molar-refractivity contribution in [1.82, 2.24) is 0 Å². The SMILES string of the molecule is FC(F)=C(F)c1ccc(C2CCC(c3ccc(CCc4cc(F)c(Cl)c(F)c4)c(F)c3)CC2)cc1. The summed E-state index contributed by atoms with van der Waals surface area (Å²) in [6, 6.07) is 13.6. The summed E-state index contributed by atoms with van der Waals surface area (Å²) in [6.45, 7) is 0. The van der Waals surface area contributed by atoms with Gasteiger partial charge in [0.15, 0.2) is 5.83 Å². The van der Waals surface area contributed by atoms with Crippen LogP contribution in [0.4, 0.5) is 26.3 Å². The molecular formula is C28H23ClF6. The van der Waals surface area contributed by atoms with E-state index in [9.17, 15) is 26.3 Å². The van der Waals surface area contributed by atoms with Crippen molar-refractivity contribution in [1.29, 1.82) is 0 Å². The van der Waals surface area contributed by atoms with E-state index < -0.39 is 28.6 Å². The lowest BCUT2D eigenvalue weighted by Gasteiger charge is -2.29. The van der Waals surface area contributed by atoms with Crippen molar-refractivity contribution >= 4 is 17.4 Å². The molecule has 3 aromatic carbocycles. The molecule has 0 aromatic heterocycles. The molecule has 1 fully saturated rings. The third-order valence-corrected chi connectivity index (χ3v) is 7.16.